The molecule has 1 N–H and O–H groups in total. The van der Waals surface area contributed by atoms with Gasteiger partial charge in [0.25, 0.3) is 0 Å². The number of benzene rings is 1. The van der Waals surface area contributed by atoms with Gasteiger partial charge in [-0.05, 0) is 44.9 Å². The van der Waals surface area contributed by atoms with Crippen molar-refractivity contribution in [2.45, 2.75) is 33.1 Å². The number of aromatic nitrogens is 2. The van der Waals surface area contributed by atoms with E-state index >= 15 is 0 Å². The molecule has 6 nitrogen and oxygen atoms in total. The third-order valence-electron chi connectivity index (χ3n) is 4.85. The summed E-state index contributed by atoms with van der Waals surface area (Å²) in [5, 5.41) is 7.36. The Bertz CT molecular complexity index is 833. The zero-order valence-corrected chi connectivity index (χ0v) is 15.9. The maximum absolute atomic E-state index is 12.1. The van der Waals surface area contributed by atoms with Crippen LogP contribution in [0.3, 0.4) is 0 Å². The first-order valence-electron chi connectivity index (χ1n) is 9.41. The van der Waals surface area contributed by atoms with E-state index in [1.165, 1.54) is 6.08 Å². The van der Waals surface area contributed by atoms with Gasteiger partial charge in [-0.15, -0.1) is 0 Å². The molecule has 3 rings (SSSR count). The first-order valence-corrected chi connectivity index (χ1v) is 9.41. The lowest BCUT2D eigenvalue weighted by Gasteiger charge is -2.14. The molecule has 27 heavy (non-hydrogen) atoms. The second-order valence-electron chi connectivity index (χ2n) is 6.79. The van der Waals surface area contributed by atoms with Crippen LogP contribution in [0.1, 0.15) is 36.2 Å². The van der Waals surface area contributed by atoms with Gasteiger partial charge in [0, 0.05) is 43.4 Å². The van der Waals surface area contributed by atoms with Crippen LogP contribution < -0.4 is 5.32 Å². The van der Waals surface area contributed by atoms with Crippen LogP contribution in [0.4, 0.5) is 0 Å². The van der Waals surface area contributed by atoms with Crippen molar-refractivity contribution in [1.29, 1.82) is 0 Å². The highest BCUT2D eigenvalue weighted by molar-refractivity contribution is 5.92. The van der Waals surface area contributed by atoms with Crippen molar-refractivity contribution in [2.75, 3.05) is 19.6 Å². The molecule has 0 saturated carbocycles. The number of likely N-dealkylation sites (tertiary alicyclic amines) is 1. The highest BCUT2D eigenvalue weighted by atomic mass is 16.2. The fourth-order valence-electron chi connectivity index (χ4n) is 3.35. The monoisotopic (exact) mass is 366 g/mol. The second kappa shape index (κ2) is 8.66. The van der Waals surface area contributed by atoms with Crippen LogP contribution in [0.25, 0.3) is 11.8 Å². The van der Waals surface area contributed by atoms with Crippen LogP contribution in [0.15, 0.2) is 36.4 Å². The standard InChI is InChI=1S/C21H26N4O2/c1-16-19(17(2)25(23-16)18-8-4-3-5-9-18)10-11-20(26)22-13-12-21(27)24-14-6-7-15-24/h3-5,8-11H,6-7,12-15H2,1-2H3,(H,22,26). The number of nitrogens with one attached hydrogen (secondary N) is 1. The van der Waals surface area contributed by atoms with Gasteiger partial charge in [-0.1, -0.05) is 18.2 Å². The minimum absolute atomic E-state index is 0.118. The first kappa shape index (κ1) is 18.9. The van der Waals surface area contributed by atoms with Crippen molar-refractivity contribution in [2.24, 2.45) is 0 Å². The number of hydrogen-bond acceptors (Lipinski definition) is 3. The largest absolute Gasteiger partial charge is 0.352 e. The number of rotatable bonds is 6. The molecule has 0 spiro atoms. The maximum Gasteiger partial charge on any atom is 0.244 e. The van der Waals surface area contributed by atoms with E-state index in [1.807, 2.05) is 53.8 Å². The number of carbonyl (C=O) groups excluding carboxylic acids is 2. The summed E-state index contributed by atoms with van der Waals surface area (Å²) in [5.41, 5.74) is 3.77. The number of nitrogens with zero attached hydrogens (tertiary/aromatic N) is 3. The van der Waals surface area contributed by atoms with Crippen molar-refractivity contribution in [1.82, 2.24) is 20.0 Å². The zero-order chi connectivity index (χ0) is 19.2. The number of hydrogen-bond donors (Lipinski definition) is 1. The molecule has 0 unspecified atom stereocenters. The van der Waals surface area contributed by atoms with E-state index in [-0.39, 0.29) is 11.8 Å². The minimum Gasteiger partial charge on any atom is -0.352 e. The van der Waals surface area contributed by atoms with Gasteiger partial charge in [-0.25, -0.2) is 4.68 Å². The lowest BCUT2D eigenvalue weighted by molar-refractivity contribution is -0.130. The van der Waals surface area contributed by atoms with E-state index in [2.05, 4.69) is 10.4 Å². The highest BCUT2D eigenvalue weighted by Gasteiger charge is 2.17. The van der Waals surface area contributed by atoms with Gasteiger partial charge in [0.05, 0.1) is 11.4 Å². The topological polar surface area (TPSA) is 67.2 Å². The Morgan fingerprint density at radius 1 is 1.15 bits per heavy atom. The Morgan fingerprint density at radius 2 is 1.85 bits per heavy atom. The molecular weight excluding hydrogens is 340 g/mol. The highest BCUT2D eigenvalue weighted by Crippen LogP contribution is 2.19. The predicted molar refractivity (Wildman–Crippen MR) is 106 cm³/mol. The summed E-state index contributed by atoms with van der Waals surface area (Å²) in [6, 6.07) is 9.90. The van der Waals surface area contributed by atoms with Crippen molar-refractivity contribution < 1.29 is 9.59 Å². The van der Waals surface area contributed by atoms with Gasteiger partial charge in [0.1, 0.15) is 0 Å². The normalized spacial score (nSPS) is 14.1. The summed E-state index contributed by atoms with van der Waals surface area (Å²) in [7, 11) is 0. The number of aryl methyl sites for hydroxylation is 1. The maximum atomic E-state index is 12.1. The molecule has 1 saturated heterocycles. The molecule has 0 radical (unpaired) electrons. The Balaban J connectivity index is 1.56. The van der Waals surface area contributed by atoms with Crippen molar-refractivity contribution >= 4 is 17.9 Å². The van der Waals surface area contributed by atoms with Crippen LogP contribution >= 0.6 is 0 Å². The van der Waals surface area contributed by atoms with Crippen molar-refractivity contribution in [3.05, 3.63) is 53.4 Å². The third-order valence-corrected chi connectivity index (χ3v) is 4.85. The van der Waals surface area contributed by atoms with Gasteiger partial charge in [0.15, 0.2) is 0 Å². The quantitative estimate of drug-likeness (QED) is 0.799. The molecule has 2 heterocycles. The smallest absolute Gasteiger partial charge is 0.244 e. The molecule has 1 aromatic carbocycles. The summed E-state index contributed by atoms with van der Waals surface area (Å²) >= 11 is 0. The van der Waals surface area contributed by atoms with E-state index in [4.69, 9.17) is 0 Å². The van der Waals surface area contributed by atoms with E-state index in [0.29, 0.717) is 13.0 Å². The molecule has 1 aliphatic heterocycles. The van der Waals surface area contributed by atoms with E-state index in [0.717, 1.165) is 48.6 Å². The average Bonchev–Trinajstić information content (AvgIpc) is 3.30. The molecule has 6 heteroatoms. The van der Waals surface area contributed by atoms with Crippen LogP contribution in [0.5, 0.6) is 0 Å². The van der Waals surface area contributed by atoms with Crippen LogP contribution in [-0.4, -0.2) is 46.1 Å². The molecule has 0 bridgehead atoms. The Labute approximate surface area is 159 Å². The lowest BCUT2D eigenvalue weighted by atomic mass is 10.2. The molecule has 1 aromatic heterocycles. The van der Waals surface area contributed by atoms with Gasteiger partial charge in [-0.3, -0.25) is 9.59 Å². The number of para-hydroxylation sites is 1. The Hall–Kier alpha value is -2.89. The van der Waals surface area contributed by atoms with Gasteiger partial charge in [-0.2, -0.15) is 5.10 Å². The number of amides is 2. The molecule has 0 atom stereocenters. The molecule has 1 aliphatic rings. The fraction of sp³-hybridized carbons (Fsp3) is 0.381. The molecular formula is C21H26N4O2. The molecule has 2 aromatic rings. The summed E-state index contributed by atoms with van der Waals surface area (Å²) in [4.78, 5) is 25.9. The second-order valence-corrected chi connectivity index (χ2v) is 6.79. The van der Waals surface area contributed by atoms with Gasteiger partial charge in [0.2, 0.25) is 11.8 Å². The van der Waals surface area contributed by atoms with Crippen LogP contribution in [0.2, 0.25) is 0 Å². The summed E-state index contributed by atoms with van der Waals surface area (Å²) in [6.07, 6.45) is 5.80. The van der Waals surface area contributed by atoms with E-state index in [1.54, 1.807) is 6.08 Å². The predicted octanol–water partition coefficient (Wildman–Crippen LogP) is 2.63. The SMILES string of the molecule is Cc1nn(-c2ccccc2)c(C)c1C=CC(=O)NCCC(=O)N1CCCC1. The number of carbonyl (C=O) groups is 2. The average molecular weight is 366 g/mol. The van der Waals surface area contributed by atoms with Crippen molar-refractivity contribution in [3.63, 3.8) is 0 Å². The molecule has 2 amide bonds. The van der Waals surface area contributed by atoms with Gasteiger partial charge >= 0.3 is 0 Å². The first-order chi connectivity index (χ1) is 13.1. The van der Waals surface area contributed by atoms with Crippen LogP contribution in [-0.2, 0) is 9.59 Å². The summed E-state index contributed by atoms with van der Waals surface area (Å²) < 4.78 is 1.88. The Kier molecular flexibility index (Phi) is 6.06. The van der Waals surface area contributed by atoms with E-state index in [9.17, 15) is 9.59 Å². The van der Waals surface area contributed by atoms with E-state index < -0.39 is 0 Å². The molecule has 0 aliphatic carbocycles. The summed E-state index contributed by atoms with van der Waals surface area (Å²) in [6.45, 7) is 5.96. The molecule has 142 valence electrons. The molecule has 1 fully saturated rings. The third kappa shape index (κ3) is 4.64. The minimum atomic E-state index is -0.199. The lowest BCUT2D eigenvalue weighted by Crippen LogP contribution is -2.32. The van der Waals surface area contributed by atoms with Crippen molar-refractivity contribution in [3.8, 4) is 5.69 Å². The fourth-order valence-corrected chi connectivity index (χ4v) is 3.35. The Morgan fingerprint density at radius 3 is 2.56 bits per heavy atom. The zero-order valence-electron chi connectivity index (χ0n) is 15.9. The summed E-state index contributed by atoms with van der Waals surface area (Å²) in [5.74, 6) is -0.0805. The van der Waals surface area contributed by atoms with Crippen LogP contribution in [0, 0.1) is 13.8 Å². The van der Waals surface area contributed by atoms with Gasteiger partial charge < -0.3 is 10.2 Å².